The monoisotopic (exact) mass is 368 g/mol. The van der Waals surface area contributed by atoms with Crippen LogP contribution in [0.3, 0.4) is 0 Å². The van der Waals surface area contributed by atoms with Gasteiger partial charge in [-0.2, -0.15) is 13.1 Å². The predicted molar refractivity (Wildman–Crippen MR) is 92.2 cm³/mol. The summed E-state index contributed by atoms with van der Waals surface area (Å²) in [5.74, 6) is -0.401. The highest BCUT2D eigenvalue weighted by molar-refractivity contribution is 7.89. The fourth-order valence-electron chi connectivity index (χ4n) is 2.91. The second-order valence-corrected chi connectivity index (χ2v) is 8.69. The highest BCUT2D eigenvalue weighted by Crippen LogP contribution is 2.28. The van der Waals surface area contributed by atoms with Crippen molar-refractivity contribution in [1.29, 1.82) is 0 Å². The van der Waals surface area contributed by atoms with Crippen LogP contribution in [-0.2, 0) is 14.8 Å². The van der Waals surface area contributed by atoms with Gasteiger partial charge in [-0.25, -0.2) is 8.42 Å². The third kappa shape index (κ3) is 3.28. The quantitative estimate of drug-likeness (QED) is 0.885. The third-order valence-corrected chi connectivity index (χ3v) is 6.49. The van der Waals surface area contributed by atoms with Gasteiger partial charge in [-0.15, -0.1) is 0 Å². The number of piperidine rings is 1. The summed E-state index contributed by atoms with van der Waals surface area (Å²) in [6.07, 6.45) is 1.37. The van der Waals surface area contributed by atoms with Gasteiger partial charge < -0.3 is 5.32 Å². The summed E-state index contributed by atoms with van der Waals surface area (Å²) in [6.45, 7) is 4.41. The van der Waals surface area contributed by atoms with Crippen LogP contribution in [0.1, 0.15) is 26.7 Å². The SMILES string of the molecule is CC(C)NC(=O)[C@@H]1CCCN(S(=O)(=O)c2cccc3nsnc23)C1. The molecule has 0 bridgehead atoms. The lowest BCUT2D eigenvalue weighted by Crippen LogP contribution is -2.46. The van der Waals surface area contributed by atoms with E-state index in [1.165, 1.54) is 4.31 Å². The largest absolute Gasteiger partial charge is 0.354 e. The van der Waals surface area contributed by atoms with Crippen molar-refractivity contribution in [2.24, 2.45) is 5.92 Å². The highest BCUT2D eigenvalue weighted by Gasteiger charge is 2.34. The van der Waals surface area contributed by atoms with Gasteiger partial charge in [0.15, 0.2) is 0 Å². The number of fused-ring (bicyclic) bond motifs is 1. The van der Waals surface area contributed by atoms with Gasteiger partial charge >= 0.3 is 0 Å². The van der Waals surface area contributed by atoms with Crippen molar-refractivity contribution < 1.29 is 13.2 Å². The first-order valence-electron chi connectivity index (χ1n) is 7.91. The summed E-state index contributed by atoms with van der Waals surface area (Å²) in [7, 11) is -3.70. The Morgan fingerprint density at radius 1 is 1.38 bits per heavy atom. The van der Waals surface area contributed by atoms with E-state index in [0.29, 0.717) is 30.4 Å². The molecular formula is C15H20N4O3S2. The molecule has 2 aromatic rings. The van der Waals surface area contributed by atoms with Gasteiger partial charge in [-0.1, -0.05) is 6.07 Å². The molecule has 0 unspecified atom stereocenters. The molecule has 2 heterocycles. The van der Waals surface area contributed by atoms with Gasteiger partial charge in [0.05, 0.1) is 17.6 Å². The molecule has 1 aliphatic rings. The van der Waals surface area contributed by atoms with Crippen LogP contribution in [0, 0.1) is 5.92 Å². The summed E-state index contributed by atoms with van der Waals surface area (Å²) in [4.78, 5) is 12.4. The van der Waals surface area contributed by atoms with Crippen molar-refractivity contribution in [2.75, 3.05) is 13.1 Å². The first-order chi connectivity index (χ1) is 11.4. The minimum Gasteiger partial charge on any atom is -0.354 e. The number of carbonyl (C=O) groups is 1. The first-order valence-corrected chi connectivity index (χ1v) is 10.1. The van der Waals surface area contributed by atoms with Crippen molar-refractivity contribution in [2.45, 2.75) is 37.6 Å². The Kier molecular flexibility index (Phi) is 4.84. The molecule has 0 saturated carbocycles. The second kappa shape index (κ2) is 6.73. The van der Waals surface area contributed by atoms with Gasteiger partial charge in [0.2, 0.25) is 15.9 Å². The molecule has 0 radical (unpaired) electrons. The van der Waals surface area contributed by atoms with Gasteiger partial charge in [-0.05, 0) is 38.8 Å². The Balaban J connectivity index is 1.87. The Bertz CT molecular complexity index is 847. The van der Waals surface area contributed by atoms with E-state index >= 15 is 0 Å². The van der Waals surface area contributed by atoms with Crippen LogP contribution in [-0.4, -0.2) is 46.5 Å². The van der Waals surface area contributed by atoms with E-state index in [9.17, 15) is 13.2 Å². The van der Waals surface area contributed by atoms with Crippen molar-refractivity contribution in [3.63, 3.8) is 0 Å². The molecule has 9 heteroatoms. The third-order valence-electron chi connectivity index (χ3n) is 4.05. The fraction of sp³-hybridized carbons (Fsp3) is 0.533. The van der Waals surface area contributed by atoms with Gasteiger partial charge in [0.25, 0.3) is 0 Å². The zero-order chi connectivity index (χ0) is 17.3. The minimum atomic E-state index is -3.70. The fourth-order valence-corrected chi connectivity index (χ4v) is 5.18. The van der Waals surface area contributed by atoms with E-state index in [0.717, 1.165) is 11.7 Å². The summed E-state index contributed by atoms with van der Waals surface area (Å²) in [5.41, 5.74) is 0.975. The number of aromatic nitrogens is 2. The lowest BCUT2D eigenvalue weighted by molar-refractivity contribution is -0.126. The van der Waals surface area contributed by atoms with E-state index in [1.807, 2.05) is 13.8 Å². The highest BCUT2D eigenvalue weighted by atomic mass is 32.2. The molecule has 1 aromatic heterocycles. The van der Waals surface area contributed by atoms with Crippen LogP contribution in [0.4, 0.5) is 0 Å². The van der Waals surface area contributed by atoms with E-state index in [1.54, 1.807) is 18.2 Å². The molecule has 1 fully saturated rings. The zero-order valence-corrected chi connectivity index (χ0v) is 15.2. The topological polar surface area (TPSA) is 92.3 Å². The van der Waals surface area contributed by atoms with Crippen LogP contribution < -0.4 is 5.32 Å². The van der Waals surface area contributed by atoms with Crippen LogP contribution in [0.2, 0.25) is 0 Å². The Morgan fingerprint density at radius 3 is 2.92 bits per heavy atom. The number of hydrogen-bond acceptors (Lipinski definition) is 6. The maximum Gasteiger partial charge on any atom is 0.245 e. The molecule has 3 rings (SSSR count). The molecule has 1 aliphatic heterocycles. The summed E-state index contributed by atoms with van der Waals surface area (Å²) < 4.78 is 35.7. The Hall–Kier alpha value is -1.58. The molecule has 0 spiro atoms. The number of rotatable bonds is 4. The normalized spacial score (nSPS) is 19.7. The maximum absolute atomic E-state index is 13.0. The average molecular weight is 368 g/mol. The lowest BCUT2D eigenvalue weighted by atomic mass is 9.98. The van der Waals surface area contributed by atoms with E-state index in [2.05, 4.69) is 14.1 Å². The number of nitrogens with zero attached hydrogens (tertiary/aromatic N) is 3. The summed E-state index contributed by atoms with van der Waals surface area (Å²) in [6, 6.07) is 5.01. The van der Waals surface area contributed by atoms with E-state index in [-0.39, 0.29) is 29.3 Å². The number of carbonyl (C=O) groups excluding carboxylic acids is 1. The Morgan fingerprint density at radius 2 is 2.17 bits per heavy atom. The molecule has 1 aromatic carbocycles. The molecule has 1 saturated heterocycles. The number of benzene rings is 1. The Labute approximate surface area is 145 Å². The van der Waals surface area contributed by atoms with Crippen molar-refractivity contribution in [1.82, 2.24) is 18.4 Å². The van der Waals surface area contributed by atoms with Gasteiger partial charge in [0, 0.05) is 19.1 Å². The molecule has 24 heavy (non-hydrogen) atoms. The van der Waals surface area contributed by atoms with Gasteiger partial charge in [-0.3, -0.25) is 4.79 Å². The van der Waals surface area contributed by atoms with Crippen LogP contribution in [0.5, 0.6) is 0 Å². The molecule has 0 aliphatic carbocycles. The summed E-state index contributed by atoms with van der Waals surface area (Å²) >= 11 is 0.995. The molecule has 1 amide bonds. The number of amides is 1. The molecule has 1 atom stereocenters. The number of sulfonamides is 1. The van der Waals surface area contributed by atoms with Crippen LogP contribution in [0.25, 0.3) is 11.0 Å². The lowest BCUT2D eigenvalue weighted by Gasteiger charge is -2.31. The maximum atomic E-state index is 13.0. The molecule has 7 nitrogen and oxygen atoms in total. The zero-order valence-electron chi connectivity index (χ0n) is 13.6. The first kappa shape index (κ1) is 17.2. The second-order valence-electron chi connectivity index (χ2n) is 6.25. The van der Waals surface area contributed by atoms with E-state index < -0.39 is 10.0 Å². The van der Waals surface area contributed by atoms with Crippen LogP contribution >= 0.6 is 11.7 Å². The van der Waals surface area contributed by atoms with E-state index in [4.69, 9.17) is 0 Å². The average Bonchev–Trinajstić information content (AvgIpc) is 3.02. The smallest absolute Gasteiger partial charge is 0.245 e. The standard InChI is InChI=1S/C15H20N4O3S2/c1-10(2)16-15(20)11-5-4-8-19(9-11)24(21,22)13-7-3-6-12-14(13)18-23-17-12/h3,6-7,10-11H,4-5,8-9H2,1-2H3,(H,16,20)/t11-/m1/s1. The van der Waals surface area contributed by atoms with Crippen molar-refractivity contribution >= 4 is 38.7 Å². The molecule has 130 valence electrons. The number of nitrogens with one attached hydrogen (secondary N) is 1. The van der Waals surface area contributed by atoms with Crippen molar-refractivity contribution in [3.8, 4) is 0 Å². The predicted octanol–water partition coefficient (Wildman–Crippen LogP) is 1.62. The molecular weight excluding hydrogens is 348 g/mol. The van der Waals surface area contributed by atoms with Crippen LogP contribution in [0.15, 0.2) is 23.1 Å². The minimum absolute atomic E-state index is 0.0410. The summed E-state index contributed by atoms with van der Waals surface area (Å²) in [5, 5.41) is 2.87. The van der Waals surface area contributed by atoms with Gasteiger partial charge in [0.1, 0.15) is 15.9 Å². The molecule has 1 N–H and O–H groups in total. The number of hydrogen-bond donors (Lipinski definition) is 1. The van der Waals surface area contributed by atoms with Crippen molar-refractivity contribution in [3.05, 3.63) is 18.2 Å².